The fraction of sp³-hybridized carbons (Fsp3) is 0.281. The zero-order chi connectivity index (χ0) is 27.0. The summed E-state index contributed by atoms with van der Waals surface area (Å²) in [6.45, 7) is 4.34. The van der Waals surface area contributed by atoms with Gasteiger partial charge in [-0.25, -0.2) is 4.39 Å². The summed E-state index contributed by atoms with van der Waals surface area (Å²) in [5.74, 6) is 0.514. The molecule has 0 aliphatic carbocycles. The maximum atomic E-state index is 13.8. The molecule has 0 bridgehead atoms. The molecule has 4 aromatic rings. The van der Waals surface area contributed by atoms with Gasteiger partial charge in [0.25, 0.3) is 5.91 Å². The zero-order valence-corrected chi connectivity index (χ0v) is 22.6. The molecule has 0 radical (unpaired) electrons. The molecule has 1 aliphatic rings. The Morgan fingerprint density at radius 2 is 1.64 bits per heavy atom. The minimum atomic E-state index is -0.270. The Morgan fingerprint density at radius 3 is 2.41 bits per heavy atom. The number of rotatable bonds is 10. The quantitative estimate of drug-likeness (QED) is 0.242. The molecule has 5 rings (SSSR count). The second kappa shape index (κ2) is 13.1. The summed E-state index contributed by atoms with van der Waals surface area (Å²) in [5, 5.41) is 3.82. The molecule has 202 valence electrons. The number of benzene rings is 3. The maximum Gasteiger partial charge on any atom is 0.287 e. The smallest absolute Gasteiger partial charge is 0.287 e. The number of nitrogens with one attached hydrogen (secondary N) is 1. The summed E-state index contributed by atoms with van der Waals surface area (Å²) in [5.41, 5.74) is 3.13. The number of halogens is 2. The first-order chi connectivity index (χ1) is 19.0. The number of likely N-dealkylation sites (tertiary alicyclic amines) is 1. The van der Waals surface area contributed by atoms with Gasteiger partial charge < -0.3 is 9.73 Å². The Hall–Kier alpha value is -3.45. The number of furan rings is 1. The molecule has 1 aromatic heterocycles. The van der Waals surface area contributed by atoms with Crippen LogP contribution < -0.4 is 5.32 Å². The topological polar surface area (TPSA) is 48.7 Å². The van der Waals surface area contributed by atoms with Crippen LogP contribution in [0.15, 0.2) is 95.4 Å². The van der Waals surface area contributed by atoms with E-state index >= 15 is 0 Å². The number of amides is 1. The highest BCUT2D eigenvalue weighted by molar-refractivity contribution is 6.31. The van der Waals surface area contributed by atoms with E-state index in [1.54, 1.807) is 12.1 Å². The largest absolute Gasteiger partial charge is 0.455 e. The number of carbonyl (C=O) groups excluding carboxylic acids is 1. The summed E-state index contributed by atoms with van der Waals surface area (Å²) in [6, 6.07) is 28.4. The van der Waals surface area contributed by atoms with Crippen molar-refractivity contribution in [2.75, 3.05) is 13.1 Å². The van der Waals surface area contributed by atoms with Crippen molar-refractivity contribution in [2.24, 2.45) is 0 Å². The van der Waals surface area contributed by atoms with Crippen LogP contribution in [0, 0.1) is 5.82 Å². The lowest BCUT2D eigenvalue weighted by atomic mass is 10.0. The van der Waals surface area contributed by atoms with E-state index in [0.29, 0.717) is 36.2 Å². The molecule has 0 unspecified atom stereocenters. The Labute approximate surface area is 234 Å². The molecule has 1 fully saturated rings. The zero-order valence-electron chi connectivity index (χ0n) is 21.9. The van der Waals surface area contributed by atoms with Gasteiger partial charge in [0.1, 0.15) is 11.6 Å². The highest BCUT2D eigenvalue weighted by Crippen LogP contribution is 2.22. The van der Waals surface area contributed by atoms with E-state index in [2.05, 4.69) is 39.4 Å². The van der Waals surface area contributed by atoms with Crippen molar-refractivity contribution >= 4 is 17.5 Å². The molecular formula is C32H33ClFN3O2. The molecular weight excluding hydrogens is 513 g/mol. The molecule has 0 saturated carbocycles. The minimum absolute atomic E-state index is 0.128. The van der Waals surface area contributed by atoms with Gasteiger partial charge in [0.15, 0.2) is 5.76 Å². The molecule has 3 aromatic carbocycles. The van der Waals surface area contributed by atoms with E-state index in [1.165, 1.54) is 17.7 Å². The van der Waals surface area contributed by atoms with Crippen LogP contribution in [0.1, 0.15) is 45.8 Å². The van der Waals surface area contributed by atoms with Crippen molar-refractivity contribution in [3.8, 4) is 0 Å². The van der Waals surface area contributed by atoms with Crippen LogP contribution >= 0.6 is 11.6 Å². The Balaban J connectivity index is 1.18. The van der Waals surface area contributed by atoms with Gasteiger partial charge in [-0.3, -0.25) is 14.6 Å². The maximum absolute atomic E-state index is 13.8. The van der Waals surface area contributed by atoms with Crippen molar-refractivity contribution in [1.29, 1.82) is 0 Å². The molecule has 1 N–H and O–H groups in total. The number of hydrogen-bond donors (Lipinski definition) is 1. The highest BCUT2D eigenvalue weighted by atomic mass is 35.5. The lowest BCUT2D eigenvalue weighted by Crippen LogP contribution is -2.44. The normalized spacial score (nSPS) is 14.5. The van der Waals surface area contributed by atoms with Crippen molar-refractivity contribution in [1.82, 2.24) is 15.1 Å². The first kappa shape index (κ1) is 27.1. The molecule has 1 saturated heterocycles. The predicted molar refractivity (Wildman–Crippen MR) is 152 cm³/mol. The first-order valence-corrected chi connectivity index (χ1v) is 13.8. The van der Waals surface area contributed by atoms with Gasteiger partial charge in [0, 0.05) is 43.8 Å². The van der Waals surface area contributed by atoms with E-state index in [0.717, 1.165) is 43.6 Å². The number of piperidine rings is 1. The summed E-state index contributed by atoms with van der Waals surface area (Å²) in [4.78, 5) is 17.5. The number of hydrogen-bond acceptors (Lipinski definition) is 4. The Kier molecular flexibility index (Phi) is 9.09. The van der Waals surface area contributed by atoms with Crippen LogP contribution in [0.25, 0.3) is 0 Å². The fourth-order valence-corrected chi connectivity index (χ4v) is 5.26. The summed E-state index contributed by atoms with van der Waals surface area (Å²) < 4.78 is 19.8. The van der Waals surface area contributed by atoms with Crippen molar-refractivity contribution < 1.29 is 13.6 Å². The molecule has 39 heavy (non-hydrogen) atoms. The molecule has 1 aliphatic heterocycles. The van der Waals surface area contributed by atoms with E-state index in [-0.39, 0.29) is 17.8 Å². The van der Waals surface area contributed by atoms with E-state index in [1.807, 2.05) is 42.5 Å². The second-order valence-corrected chi connectivity index (χ2v) is 10.5. The highest BCUT2D eigenvalue weighted by Gasteiger charge is 2.23. The van der Waals surface area contributed by atoms with Crippen LogP contribution in [-0.2, 0) is 26.2 Å². The van der Waals surface area contributed by atoms with Gasteiger partial charge in [-0.15, -0.1) is 0 Å². The number of nitrogens with zero attached hydrogens (tertiary/aromatic N) is 2. The van der Waals surface area contributed by atoms with Gasteiger partial charge in [-0.2, -0.15) is 0 Å². The van der Waals surface area contributed by atoms with Gasteiger partial charge in [0.2, 0.25) is 0 Å². The lowest BCUT2D eigenvalue weighted by molar-refractivity contribution is 0.0876. The molecule has 0 atom stereocenters. The van der Waals surface area contributed by atoms with Gasteiger partial charge in [0.05, 0.1) is 6.54 Å². The third-order valence-corrected chi connectivity index (χ3v) is 7.45. The number of carbonyl (C=O) groups is 1. The standard InChI is InChI=1S/C32H33ClFN3O2/c33-30-12-5-4-10-26(30)22-37(21-25-9-6-11-27(34)19-25)23-29-13-14-31(39-29)32(38)35-28-15-17-36(18-16-28)20-24-7-2-1-3-8-24/h1-14,19,28H,15-18,20-23H2,(H,35,38). The summed E-state index contributed by atoms with van der Waals surface area (Å²) >= 11 is 6.42. The lowest BCUT2D eigenvalue weighted by Gasteiger charge is -2.32. The van der Waals surface area contributed by atoms with Crippen molar-refractivity contribution in [3.05, 3.63) is 130 Å². The molecule has 5 nitrogen and oxygen atoms in total. The Morgan fingerprint density at radius 1 is 0.897 bits per heavy atom. The van der Waals surface area contributed by atoms with E-state index in [9.17, 15) is 9.18 Å². The molecule has 2 heterocycles. The molecule has 0 spiro atoms. The SMILES string of the molecule is O=C(NC1CCN(Cc2ccccc2)CC1)c1ccc(CN(Cc2cccc(F)c2)Cc2ccccc2Cl)o1. The fourth-order valence-electron chi connectivity index (χ4n) is 5.07. The van der Waals surface area contributed by atoms with E-state index in [4.69, 9.17) is 16.0 Å². The van der Waals surface area contributed by atoms with Crippen LogP contribution in [0.4, 0.5) is 4.39 Å². The van der Waals surface area contributed by atoms with Gasteiger partial charge in [-0.05, 0) is 59.9 Å². The molecule has 7 heteroatoms. The van der Waals surface area contributed by atoms with E-state index < -0.39 is 0 Å². The first-order valence-electron chi connectivity index (χ1n) is 13.4. The van der Waals surface area contributed by atoms with Crippen LogP contribution in [0.2, 0.25) is 5.02 Å². The summed E-state index contributed by atoms with van der Waals surface area (Å²) in [7, 11) is 0. The van der Waals surface area contributed by atoms with Crippen LogP contribution in [0.3, 0.4) is 0 Å². The van der Waals surface area contributed by atoms with Crippen LogP contribution in [0.5, 0.6) is 0 Å². The summed E-state index contributed by atoms with van der Waals surface area (Å²) in [6.07, 6.45) is 1.82. The average Bonchev–Trinajstić information content (AvgIpc) is 3.40. The van der Waals surface area contributed by atoms with Gasteiger partial charge >= 0.3 is 0 Å². The third-order valence-electron chi connectivity index (χ3n) is 7.08. The minimum Gasteiger partial charge on any atom is -0.455 e. The second-order valence-electron chi connectivity index (χ2n) is 10.1. The Bertz CT molecular complexity index is 1370. The third kappa shape index (κ3) is 7.79. The predicted octanol–water partition coefficient (Wildman–Crippen LogP) is 6.67. The van der Waals surface area contributed by atoms with Crippen LogP contribution in [-0.4, -0.2) is 34.8 Å². The van der Waals surface area contributed by atoms with Crippen molar-refractivity contribution in [3.63, 3.8) is 0 Å². The monoisotopic (exact) mass is 545 g/mol. The molecule has 1 amide bonds. The van der Waals surface area contributed by atoms with Gasteiger partial charge in [-0.1, -0.05) is 72.3 Å². The average molecular weight is 546 g/mol. The van der Waals surface area contributed by atoms with Crippen molar-refractivity contribution in [2.45, 2.75) is 45.1 Å².